The lowest BCUT2D eigenvalue weighted by Gasteiger charge is -2.16. The van der Waals surface area contributed by atoms with Crippen LogP contribution in [0, 0.1) is 0 Å². The summed E-state index contributed by atoms with van der Waals surface area (Å²) in [5, 5.41) is 6.94. The highest BCUT2D eigenvalue weighted by Crippen LogP contribution is 2.42. The zero-order chi connectivity index (χ0) is 42.1. The van der Waals surface area contributed by atoms with Crippen LogP contribution in [0.3, 0.4) is 0 Å². The van der Waals surface area contributed by atoms with E-state index in [0.29, 0.717) is 0 Å². The smallest absolute Gasteiger partial charge is 0.145 e. The highest BCUT2D eigenvalue weighted by Gasteiger charge is 2.21. The Bertz CT molecular complexity index is 3710. The fourth-order valence-corrected chi connectivity index (χ4v) is 9.72. The summed E-state index contributed by atoms with van der Waals surface area (Å²) in [6.45, 7) is 0. The van der Waals surface area contributed by atoms with Gasteiger partial charge in [0, 0.05) is 49.6 Å². The molecule has 13 rings (SSSR count). The van der Waals surface area contributed by atoms with Crippen molar-refractivity contribution in [3.8, 4) is 56.4 Å². The van der Waals surface area contributed by atoms with Gasteiger partial charge in [0.25, 0.3) is 0 Å². The molecule has 0 spiro atoms. The van der Waals surface area contributed by atoms with Gasteiger partial charge in [-0.2, -0.15) is 0 Å². The van der Waals surface area contributed by atoms with Crippen molar-refractivity contribution in [3.63, 3.8) is 0 Å². The third-order valence-corrected chi connectivity index (χ3v) is 12.7. The van der Waals surface area contributed by atoms with E-state index in [1.807, 2.05) is 0 Å². The molecule has 0 bridgehead atoms. The molecule has 0 radical (unpaired) electrons. The fraction of sp³-hybridized carbons (Fsp3) is 0. The minimum absolute atomic E-state index is 0.865. The molecule has 5 heteroatoms. The maximum atomic E-state index is 5.44. The minimum atomic E-state index is 0.865. The average Bonchev–Trinajstić information content (AvgIpc) is 3.96. The van der Waals surface area contributed by atoms with E-state index < -0.39 is 0 Å². The molecule has 0 fully saturated rings. The van der Waals surface area contributed by atoms with Gasteiger partial charge in [-0.1, -0.05) is 158 Å². The molecule has 0 unspecified atom stereocenters. The molecule has 0 aliphatic carbocycles. The molecule has 0 saturated carbocycles. The number of aromatic nitrogens is 5. The summed E-state index contributed by atoms with van der Waals surface area (Å²) in [7, 11) is 0. The van der Waals surface area contributed by atoms with Crippen LogP contribution in [-0.4, -0.2) is 24.1 Å². The van der Waals surface area contributed by atoms with Gasteiger partial charge in [-0.25, -0.2) is 15.0 Å². The average molecular weight is 816 g/mol. The first-order valence-electron chi connectivity index (χ1n) is 21.7. The lowest BCUT2D eigenvalue weighted by molar-refractivity contribution is 1.09. The van der Waals surface area contributed by atoms with Crippen LogP contribution in [0.2, 0.25) is 0 Å². The van der Waals surface area contributed by atoms with Gasteiger partial charge in [0.2, 0.25) is 0 Å². The van der Waals surface area contributed by atoms with Gasteiger partial charge in [0.15, 0.2) is 0 Å². The Morgan fingerprint density at radius 1 is 0.281 bits per heavy atom. The van der Waals surface area contributed by atoms with E-state index >= 15 is 0 Å². The van der Waals surface area contributed by atoms with Crippen LogP contribution in [0.4, 0.5) is 0 Å². The van der Waals surface area contributed by atoms with Crippen LogP contribution in [-0.2, 0) is 0 Å². The first-order chi connectivity index (χ1) is 31.7. The van der Waals surface area contributed by atoms with Gasteiger partial charge >= 0.3 is 0 Å². The molecule has 3 aromatic heterocycles. The second kappa shape index (κ2) is 14.5. The molecule has 5 nitrogen and oxygen atoms in total. The molecule has 3 heterocycles. The lowest BCUT2D eigenvalue weighted by atomic mass is 9.91. The Morgan fingerprint density at radius 3 is 1.22 bits per heavy atom. The maximum Gasteiger partial charge on any atom is 0.145 e. The predicted molar refractivity (Wildman–Crippen MR) is 265 cm³/mol. The summed E-state index contributed by atoms with van der Waals surface area (Å²) in [6.07, 6.45) is 0. The van der Waals surface area contributed by atoms with Crippen molar-refractivity contribution < 1.29 is 0 Å². The third kappa shape index (κ3) is 5.75. The number of para-hydroxylation sites is 6. The molecule has 64 heavy (non-hydrogen) atoms. The quantitative estimate of drug-likeness (QED) is 0.124. The van der Waals surface area contributed by atoms with Gasteiger partial charge in [-0.15, -0.1) is 0 Å². The number of benzene rings is 10. The Balaban J connectivity index is 1.05. The molecule has 298 valence electrons. The summed E-state index contributed by atoms with van der Waals surface area (Å²) in [5.74, 6) is 1.73. The molecule has 0 atom stereocenters. The van der Waals surface area contributed by atoms with E-state index in [-0.39, 0.29) is 0 Å². The van der Waals surface area contributed by atoms with Crippen molar-refractivity contribution in [2.24, 2.45) is 0 Å². The Labute approximate surface area is 368 Å². The second-order valence-corrected chi connectivity index (χ2v) is 16.4. The molecule has 0 N–H and O–H groups in total. The minimum Gasteiger partial charge on any atom is -0.292 e. The van der Waals surface area contributed by atoms with Gasteiger partial charge in [0.1, 0.15) is 11.6 Å². The van der Waals surface area contributed by atoms with Crippen LogP contribution in [0.15, 0.2) is 224 Å². The van der Waals surface area contributed by atoms with Gasteiger partial charge in [-0.3, -0.25) is 9.13 Å². The molecule has 0 saturated heterocycles. The topological polar surface area (TPSA) is 48.5 Å². The number of rotatable bonds is 6. The van der Waals surface area contributed by atoms with Crippen molar-refractivity contribution >= 4 is 65.4 Å². The summed E-state index contributed by atoms with van der Waals surface area (Å²) in [6, 6.07) is 79.8. The lowest BCUT2D eigenvalue weighted by Crippen LogP contribution is -2.00. The molecule has 0 amide bonds. The van der Waals surface area contributed by atoms with Crippen LogP contribution in [0.1, 0.15) is 0 Å². The van der Waals surface area contributed by atoms with E-state index in [2.05, 4.69) is 234 Å². The molecule has 13 aromatic rings. The molecule has 0 aliphatic heterocycles. The molecule has 10 aromatic carbocycles. The SMILES string of the molecule is c1ccc(-n2c(-c3cc(-c4ccc(-c5c6ccc7ccccc7c6nc6c5ccc5ccccc56)cc4)cc(-c4nc5ccccc5n4-c4ccccc4)c3)nc3ccccc32)cc1. The Morgan fingerprint density at radius 2 is 0.703 bits per heavy atom. The highest BCUT2D eigenvalue weighted by molar-refractivity contribution is 6.21. The zero-order valence-electron chi connectivity index (χ0n) is 34.6. The summed E-state index contributed by atoms with van der Waals surface area (Å²) >= 11 is 0. The number of fused-ring (bicyclic) bond motifs is 8. The predicted octanol–water partition coefficient (Wildman–Crippen LogP) is 15.0. The van der Waals surface area contributed by atoms with E-state index in [9.17, 15) is 0 Å². The van der Waals surface area contributed by atoms with Crippen LogP contribution < -0.4 is 0 Å². The van der Waals surface area contributed by atoms with Gasteiger partial charge in [-0.05, 0) is 94.2 Å². The number of nitrogens with zero attached hydrogens (tertiary/aromatic N) is 5. The maximum absolute atomic E-state index is 5.44. The van der Waals surface area contributed by atoms with Crippen molar-refractivity contribution in [2.75, 3.05) is 0 Å². The van der Waals surface area contributed by atoms with Crippen molar-refractivity contribution in [1.29, 1.82) is 0 Å². The van der Waals surface area contributed by atoms with Crippen LogP contribution in [0.5, 0.6) is 0 Å². The normalized spacial score (nSPS) is 11.8. The Hall–Kier alpha value is -8.67. The van der Waals surface area contributed by atoms with E-state index in [1.165, 1.54) is 16.3 Å². The third-order valence-electron chi connectivity index (χ3n) is 12.7. The second-order valence-electron chi connectivity index (χ2n) is 16.4. The van der Waals surface area contributed by atoms with Crippen molar-refractivity contribution in [2.45, 2.75) is 0 Å². The van der Waals surface area contributed by atoms with Crippen molar-refractivity contribution in [3.05, 3.63) is 224 Å². The van der Waals surface area contributed by atoms with Crippen LogP contribution in [0.25, 0.3) is 122 Å². The molecular weight excluding hydrogens is 779 g/mol. The first kappa shape index (κ1) is 36.0. The summed E-state index contributed by atoms with van der Waals surface area (Å²) in [5.41, 5.74) is 14.6. The van der Waals surface area contributed by atoms with Gasteiger partial charge < -0.3 is 0 Å². The summed E-state index contributed by atoms with van der Waals surface area (Å²) < 4.78 is 4.54. The standard InChI is InChI=1S/C59H37N5/c1-3-17-45(18-4-1)63-53-25-13-11-23-51(53)60-58(63)43-35-42(36-44(37-43)59-61-52-24-12-14-26-54(52)64(59)46-19-5-2-6-20-46)38-27-29-41(30-28-38)55-49-33-31-39-15-7-9-21-47(39)56(49)62-57-48-22-10-8-16-40(48)32-34-50(55)57/h1-37H. The van der Waals surface area contributed by atoms with Crippen LogP contribution >= 0.6 is 0 Å². The number of hydrogen-bond acceptors (Lipinski definition) is 3. The van der Waals surface area contributed by atoms with Gasteiger partial charge in [0.05, 0.1) is 33.1 Å². The zero-order valence-corrected chi connectivity index (χ0v) is 34.6. The van der Waals surface area contributed by atoms with E-state index in [4.69, 9.17) is 15.0 Å². The highest BCUT2D eigenvalue weighted by atomic mass is 15.1. The monoisotopic (exact) mass is 815 g/mol. The largest absolute Gasteiger partial charge is 0.292 e. The first-order valence-corrected chi connectivity index (χ1v) is 21.7. The fourth-order valence-electron chi connectivity index (χ4n) is 9.72. The summed E-state index contributed by atoms with van der Waals surface area (Å²) in [4.78, 5) is 16.1. The number of hydrogen-bond donors (Lipinski definition) is 0. The number of pyridine rings is 1. The van der Waals surface area contributed by atoms with E-state index in [0.717, 1.165) is 105 Å². The number of imidazole rings is 2. The molecule has 0 aliphatic rings. The molecular formula is C59H37N5. The Kier molecular flexibility index (Phi) is 8.15. The van der Waals surface area contributed by atoms with Crippen molar-refractivity contribution in [1.82, 2.24) is 24.1 Å². The van der Waals surface area contributed by atoms with E-state index in [1.54, 1.807) is 0 Å².